The Balaban J connectivity index is 2.15. The Hall–Kier alpha value is -2.85. The summed E-state index contributed by atoms with van der Waals surface area (Å²) in [6.45, 7) is -0.0632. The van der Waals surface area contributed by atoms with E-state index in [0.717, 1.165) is 16.6 Å². The fourth-order valence-corrected chi connectivity index (χ4v) is 3.75. The summed E-state index contributed by atoms with van der Waals surface area (Å²) in [5.41, 5.74) is 0.223. The highest BCUT2D eigenvalue weighted by Gasteiger charge is 2.24. The van der Waals surface area contributed by atoms with E-state index in [1.165, 1.54) is 19.2 Å². The molecule has 1 amide bonds. The molecule has 9 nitrogen and oxygen atoms in total. The Morgan fingerprint density at radius 2 is 1.97 bits per heavy atom. The van der Waals surface area contributed by atoms with Crippen molar-refractivity contribution >= 4 is 44.6 Å². The van der Waals surface area contributed by atoms with E-state index in [0.29, 0.717) is 10.7 Å². The van der Waals surface area contributed by atoms with Crippen molar-refractivity contribution in [2.45, 2.75) is 12.8 Å². The number of amides is 1. The monoisotopic (exact) mass is 441 g/mol. The van der Waals surface area contributed by atoms with Crippen LogP contribution in [0, 0.1) is 10.1 Å². The molecule has 29 heavy (non-hydrogen) atoms. The highest BCUT2D eigenvalue weighted by molar-refractivity contribution is 7.92. The van der Waals surface area contributed by atoms with Crippen molar-refractivity contribution in [2.75, 3.05) is 29.5 Å². The molecule has 0 radical (unpaired) electrons. The molecule has 0 unspecified atom stereocenters. The number of nitrogens with zero attached hydrogens (tertiary/aromatic N) is 2. The normalized spacial score (nSPS) is 11.0. The largest absolute Gasteiger partial charge is 0.495 e. The second-order valence-corrected chi connectivity index (χ2v) is 8.39. The quantitative estimate of drug-likeness (QED) is 0.470. The number of sulfonamides is 1. The summed E-state index contributed by atoms with van der Waals surface area (Å²) in [6, 6.07) is 10.4. The molecule has 156 valence electrons. The van der Waals surface area contributed by atoms with Crippen LogP contribution in [-0.2, 0) is 14.8 Å². The Bertz CT molecular complexity index is 1010. The summed E-state index contributed by atoms with van der Waals surface area (Å²) < 4.78 is 30.7. The summed E-state index contributed by atoms with van der Waals surface area (Å²) in [6.07, 6.45) is 1.18. The van der Waals surface area contributed by atoms with Gasteiger partial charge in [0, 0.05) is 25.1 Å². The second kappa shape index (κ2) is 9.57. The first-order valence-electron chi connectivity index (χ1n) is 8.48. The van der Waals surface area contributed by atoms with Crippen LogP contribution in [0.15, 0.2) is 42.5 Å². The number of halogens is 1. The highest BCUT2D eigenvalue weighted by atomic mass is 35.5. The maximum atomic E-state index is 12.3. The molecule has 0 fully saturated rings. The maximum Gasteiger partial charge on any atom is 0.271 e. The summed E-state index contributed by atoms with van der Waals surface area (Å²) in [4.78, 5) is 22.6. The van der Waals surface area contributed by atoms with Crippen LogP contribution in [0.5, 0.6) is 5.75 Å². The van der Waals surface area contributed by atoms with Gasteiger partial charge in [0.2, 0.25) is 15.9 Å². The third-order valence-corrected chi connectivity index (χ3v) is 5.46. The molecule has 0 heterocycles. The van der Waals surface area contributed by atoms with Crippen LogP contribution >= 0.6 is 11.6 Å². The van der Waals surface area contributed by atoms with Crippen LogP contribution in [0.25, 0.3) is 0 Å². The minimum Gasteiger partial charge on any atom is -0.495 e. The number of nitrogens with one attached hydrogen (secondary N) is 1. The number of hydrogen-bond donors (Lipinski definition) is 1. The minimum atomic E-state index is -3.78. The zero-order valence-electron chi connectivity index (χ0n) is 15.8. The van der Waals surface area contributed by atoms with E-state index in [-0.39, 0.29) is 42.4 Å². The maximum absolute atomic E-state index is 12.3. The Kier molecular flexibility index (Phi) is 7.40. The molecule has 0 aliphatic rings. The number of ether oxygens (including phenoxy) is 1. The SMILES string of the molecule is COc1ccc([N+](=O)[O-])cc1N(CCCC(=O)Nc1ccccc1Cl)S(C)(=O)=O. The van der Waals surface area contributed by atoms with E-state index >= 15 is 0 Å². The number of nitro groups is 1. The van der Waals surface area contributed by atoms with Crippen LogP contribution in [0.3, 0.4) is 0 Å². The van der Waals surface area contributed by atoms with E-state index in [1.54, 1.807) is 24.3 Å². The average molecular weight is 442 g/mol. The standard InChI is InChI=1S/C18H20ClN3O6S/c1-28-17-10-9-13(22(24)25)12-16(17)21(29(2,26)27)11-5-8-18(23)20-15-7-4-3-6-14(15)19/h3-4,6-7,9-10,12H,5,8,11H2,1-2H3,(H,20,23). The number of rotatable bonds is 9. The Labute approximate surface area is 173 Å². The van der Waals surface area contributed by atoms with Gasteiger partial charge in [-0.1, -0.05) is 23.7 Å². The first-order valence-corrected chi connectivity index (χ1v) is 10.7. The number of nitro benzene ring substituents is 1. The molecule has 0 spiro atoms. The van der Waals surface area contributed by atoms with Crippen molar-refractivity contribution in [3.63, 3.8) is 0 Å². The molecule has 0 atom stereocenters. The summed E-state index contributed by atoms with van der Waals surface area (Å²) in [5.74, 6) is -0.167. The lowest BCUT2D eigenvalue weighted by atomic mass is 10.2. The van der Waals surface area contributed by atoms with Crippen molar-refractivity contribution in [1.29, 1.82) is 0 Å². The molecule has 2 rings (SSSR count). The van der Waals surface area contributed by atoms with Crippen LogP contribution in [0.2, 0.25) is 5.02 Å². The second-order valence-electron chi connectivity index (χ2n) is 6.08. The third kappa shape index (κ3) is 6.06. The van der Waals surface area contributed by atoms with Gasteiger partial charge in [-0.3, -0.25) is 19.2 Å². The number of benzene rings is 2. The highest BCUT2D eigenvalue weighted by Crippen LogP contribution is 2.34. The molecular weight excluding hydrogens is 422 g/mol. The Morgan fingerprint density at radius 3 is 2.55 bits per heavy atom. The Morgan fingerprint density at radius 1 is 1.28 bits per heavy atom. The van der Waals surface area contributed by atoms with Crippen molar-refractivity contribution in [3.8, 4) is 5.75 Å². The molecule has 0 saturated heterocycles. The number of carbonyl (C=O) groups is 1. The minimum absolute atomic E-state index is 0.0223. The summed E-state index contributed by atoms with van der Waals surface area (Å²) in [7, 11) is -2.44. The van der Waals surface area contributed by atoms with Gasteiger partial charge in [-0.25, -0.2) is 8.42 Å². The number of para-hydroxylation sites is 1. The van der Waals surface area contributed by atoms with Crippen LogP contribution in [0.4, 0.5) is 17.1 Å². The number of non-ortho nitro benzene ring substituents is 1. The zero-order valence-corrected chi connectivity index (χ0v) is 17.4. The van der Waals surface area contributed by atoms with Crippen molar-refractivity contribution in [1.82, 2.24) is 0 Å². The van der Waals surface area contributed by atoms with E-state index < -0.39 is 14.9 Å². The van der Waals surface area contributed by atoms with Crippen LogP contribution < -0.4 is 14.4 Å². The number of hydrogen-bond acceptors (Lipinski definition) is 6. The first kappa shape index (κ1) is 22.4. The van der Waals surface area contributed by atoms with E-state index in [2.05, 4.69) is 5.32 Å². The van der Waals surface area contributed by atoms with Gasteiger partial charge in [0.15, 0.2) is 0 Å². The molecule has 0 aliphatic heterocycles. The molecule has 11 heteroatoms. The zero-order chi connectivity index (χ0) is 21.6. The van der Waals surface area contributed by atoms with Gasteiger partial charge < -0.3 is 10.1 Å². The smallest absolute Gasteiger partial charge is 0.271 e. The third-order valence-electron chi connectivity index (χ3n) is 3.96. The predicted octanol–water partition coefficient (Wildman–Crippen LogP) is 3.44. The van der Waals surface area contributed by atoms with Crippen molar-refractivity contribution in [3.05, 3.63) is 57.6 Å². The fraction of sp³-hybridized carbons (Fsp3) is 0.278. The van der Waals surface area contributed by atoms with Crippen molar-refractivity contribution in [2.24, 2.45) is 0 Å². The van der Waals surface area contributed by atoms with Gasteiger partial charge in [-0.15, -0.1) is 0 Å². The van der Waals surface area contributed by atoms with Gasteiger partial charge in [-0.2, -0.15) is 0 Å². The molecule has 0 aromatic heterocycles. The molecular formula is C18H20ClN3O6S. The fourth-order valence-electron chi connectivity index (χ4n) is 2.61. The van der Waals surface area contributed by atoms with Crippen LogP contribution in [-0.4, -0.2) is 39.2 Å². The molecule has 2 aromatic rings. The first-order chi connectivity index (χ1) is 13.6. The lowest BCUT2D eigenvalue weighted by Crippen LogP contribution is -2.32. The number of methoxy groups -OCH3 is 1. The molecule has 1 N–H and O–H groups in total. The predicted molar refractivity (Wildman–Crippen MR) is 111 cm³/mol. The van der Waals surface area contributed by atoms with E-state index in [1.807, 2.05) is 0 Å². The summed E-state index contributed by atoms with van der Waals surface area (Å²) >= 11 is 6.00. The van der Waals surface area contributed by atoms with E-state index in [9.17, 15) is 23.3 Å². The van der Waals surface area contributed by atoms with Crippen molar-refractivity contribution < 1.29 is 22.9 Å². The summed E-state index contributed by atoms with van der Waals surface area (Å²) in [5, 5.41) is 14.1. The van der Waals surface area contributed by atoms with Crippen LogP contribution in [0.1, 0.15) is 12.8 Å². The lowest BCUT2D eigenvalue weighted by Gasteiger charge is -2.24. The molecule has 2 aromatic carbocycles. The van der Waals surface area contributed by atoms with Gasteiger partial charge in [0.1, 0.15) is 11.4 Å². The van der Waals surface area contributed by atoms with E-state index in [4.69, 9.17) is 16.3 Å². The lowest BCUT2D eigenvalue weighted by molar-refractivity contribution is -0.384. The number of carbonyl (C=O) groups excluding carboxylic acids is 1. The van der Waals surface area contributed by atoms with Gasteiger partial charge in [0.05, 0.1) is 29.0 Å². The molecule has 0 aliphatic carbocycles. The van der Waals surface area contributed by atoms with Gasteiger partial charge in [-0.05, 0) is 24.6 Å². The van der Waals surface area contributed by atoms with Gasteiger partial charge >= 0.3 is 0 Å². The topological polar surface area (TPSA) is 119 Å². The molecule has 0 saturated carbocycles. The average Bonchev–Trinajstić information content (AvgIpc) is 2.65. The van der Waals surface area contributed by atoms with Gasteiger partial charge in [0.25, 0.3) is 5.69 Å². The molecule has 0 bridgehead atoms. The number of anilines is 2.